The van der Waals surface area contributed by atoms with E-state index in [0.29, 0.717) is 16.6 Å². The molecule has 0 fully saturated rings. The zero-order valence-corrected chi connectivity index (χ0v) is 16.2. The van der Waals surface area contributed by atoms with Crippen LogP contribution < -0.4 is 5.32 Å². The number of nitrogens with one attached hydrogen (secondary N) is 1. The van der Waals surface area contributed by atoms with Crippen LogP contribution in [0, 0.1) is 5.92 Å². The van der Waals surface area contributed by atoms with Crippen molar-refractivity contribution in [1.82, 2.24) is 3.97 Å². The van der Waals surface area contributed by atoms with Crippen LogP contribution in [-0.2, 0) is 14.8 Å². The summed E-state index contributed by atoms with van der Waals surface area (Å²) in [5.74, 6) is 0.218. The Bertz CT molecular complexity index is 1060. The van der Waals surface area contributed by atoms with Gasteiger partial charge in [0.15, 0.2) is 0 Å². The molecule has 1 heterocycles. The molecule has 0 saturated heterocycles. The van der Waals surface area contributed by atoms with Crippen molar-refractivity contribution in [2.45, 2.75) is 31.8 Å². The normalized spacial score (nSPS) is 12.9. The molecule has 1 aromatic heterocycles. The maximum atomic E-state index is 12.8. The van der Waals surface area contributed by atoms with Crippen molar-refractivity contribution in [3.8, 4) is 0 Å². The molecule has 6 nitrogen and oxygen atoms in total. The van der Waals surface area contributed by atoms with Crippen LogP contribution in [0.15, 0.2) is 65.7 Å². The molecule has 3 rings (SSSR count). The Kier molecular flexibility index (Phi) is 5.23. The minimum absolute atomic E-state index is 0.203. The number of amides is 1. The van der Waals surface area contributed by atoms with E-state index in [4.69, 9.17) is 4.74 Å². The lowest BCUT2D eigenvalue weighted by Gasteiger charge is -2.17. The topological polar surface area (TPSA) is 77.4 Å². The van der Waals surface area contributed by atoms with Gasteiger partial charge < -0.3 is 4.74 Å². The summed E-state index contributed by atoms with van der Waals surface area (Å²) in [4.78, 5) is 12.2. The highest BCUT2D eigenvalue weighted by atomic mass is 32.2. The van der Waals surface area contributed by atoms with Gasteiger partial charge in [0.25, 0.3) is 10.0 Å². The van der Waals surface area contributed by atoms with Crippen molar-refractivity contribution in [2.75, 3.05) is 5.32 Å². The Morgan fingerprint density at radius 2 is 1.74 bits per heavy atom. The van der Waals surface area contributed by atoms with E-state index >= 15 is 0 Å². The van der Waals surface area contributed by atoms with Crippen LogP contribution in [0.5, 0.6) is 0 Å². The number of aromatic nitrogens is 1. The van der Waals surface area contributed by atoms with Gasteiger partial charge in [-0.25, -0.2) is 17.2 Å². The van der Waals surface area contributed by atoms with Gasteiger partial charge in [-0.1, -0.05) is 32.0 Å². The van der Waals surface area contributed by atoms with Gasteiger partial charge >= 0.3 is 6.09 Å². The van der Waals surface area contributed by atoms with Crippen molar-refractivity contribution in [3.05, 3.63) is 60.8 Å². The van der Waals surface area contributed by atoms with E-state index in [1.807, 2.05) is 20.8 Å². The van der Waals surface area contributed by atoms with Crippen LogP contribution in [0.4, 0.5) is 10.5 Å². The smallest absolute Gasteiger partial charge is 0.411 e. The average molecular weight is 386 g/mol. The van der Waals surface area contributed by atoms with Crippen molar-refractivity contribution in [3.63, 3.8) is 0 Å². The highest BCUT2D eigenvalue weighted by Crippen LogP contribution is 2.25. The first kappa shape index (κ1) is 19.0. The summed E-state index contributed by atoms with van der Waals surface area (Å²) >= 11 is 0. The van der Waals surface area contributed by atoms with Gasteiger partial charge in [-0.2, -0.15) is 0 Å². The van der Waals surface area contributed by atoms with Crippen LogP contribution in [0.25, 0.3) is 10.9 Å². The fourth-order valence-corrected chi connectivity index (χ4v) is 3.94. The highest BCUT2D eigenvalue weighted by Gasteiger charge is 2.19. The van der Waals surface area contributed by atoms with E-state index in [2.05, 4.69) is 5.32 Å². The van der Waals surface area contributed by atoms with E-state index in [9.17, 15) is 13.2 Å². The van der Waals surface area contributed by atoms with Gasteiger partial charge in [0.05, 0.1) is 10.4 Å². The van der Waals surface area contributed by atoms with Gasteiger partial charge in [-0.3, -0.25) is 5.32 Å². The molecule has 0 aliphatic rings. The monoisotopic (exact) mass is 386 g/mol. The molecule has 27 heavy (non-hydrogen) atoms. The second-order valence-corrected chi connectivity index (χ2v) is 8.50. The zero-order valence-electron chi connectivity index (χ0n) is 15.4. The summed E-state index contributed by atoms with van der Waals surface area (Å²) in [7, 11) is -3.68. The summed E-state index contributed by atoms with van der Waals surface area (Å²) in [6.07, 6.45) is 0.772. The van der Waals surface area contributed by atoms with E-state index in [-0.39, 0.29) is 16.9 Å². The molecular formula is C20H22N2O4S. The van der Waals surface area contributed by atoms with Gasteiger partial charge in [-0.05, 0) is 49.2 Å². The molecule has 0 saturated carbocycles. The Morgan fingerprint density at radius 3 is 2.41 bits per heavy atom. The van der Waals surface area contributed by atoms with Gasteiger partial charge in [-0.15, -0.1) is 0 Å². The van der Waals surface area contributed by atoms with Crippen LogP contribution >= 0.6 is 0 Å². The average Bonchev–Trinajstić information content (AvgIpc) is 3.06. The van der Waals surface area contributed by atoms with Crippen LogP contribution in [0.1, 0.15) is 20.8 Å². The van der Waals surface area contributed by atoms with Crippen LogP contribution in [0.3, 0.4) is 0 Å². The third kappa shape index (κ3) is 3.98. The van der Waals surface area contributed by atoms with Crippen molar-refractivity contribution < 1.29 is 17.9 Å². The lowest BCUT2D eigenvalue weighted by Crippen LogP contribution is -2.23. The quantitative estimate of drug-likeness (QED) is 0.702. The summed E-state index contributed by atoms with van der Waals surface area (Å²) in [5, 5.41) is 3.38. The number of hydrogen-bond acceptors (Lipinski definition) is 4. The third-order valence-electron chi connectivity index (χ3n) is 4.43. The van der Waals surface area contributed by atoms with E-state index in [1.54, 1.807) is 54.6 Å². The highest BCUT2D eigenvalue weighted by molar-refractivity contribution is 7.90. The second-order valence-electron chi connectivity index (χ2n) is 6.68. The van der Waals surface area contributed by atoms with Crippen molar-refractivity contribution in [2.24, 2.45) is 5.92 Å². The number of nitrogens with zero attached hydrogens (tertiary/aromatic N) is 1. The molecule has 2 aromatic carbocycles. The minimum atomic E-state index is -3.68. The van der Waals surface area contributed by atoms with Gasteiger partial charge in [0.1, 0.15) is 6.10 Å². The number of hydrogen-bond donors (Lipinski definition) is 1. The minimum Gasteiger partial charge on any atom is -0.446 e. The molecule has 1 unspecified atom stereocenters. The van der Waals surface area contributed by atoms with Crippen LogP contribution in [-0.4, -0.2) is 24.6 Å². The summed E-state index contributed by atoms with van der Waals surface area (Å²) in [6, 6.07) is 15.0. The predicted molar refractivity (Wildman–Crippen MR) is 105 cm³/mol. The molecule has 1 atom stereocenters. The second kappa shape index (κ2) is 7.44. The zero-order chi connectivity index (χ0) is 19.6. The molecule has 1 amide bonds. The lowest BCUT2D eigenvalue weighted by atomic mass is 10.1. The predicted octanol–water partition coefficient (Wildman–Crippen LogP) is 4.47. The summed E-state index contributed by atoms with van der Waals surface area (Å²) < 4.78 is 32.2. The fraction of sp³-hybridized carbons (Fsp3) is 0.250. The summed E-state index contributed by atoms with van der Waals surface area (Å²) in [6.45, 7) is 5.78. The molecule has 0 radical (unpaired) electrons. The van der Waals surface area contributed by atoms with Crippen molar-refractivity contribution in [1.29, 1.82) is 0 Å². The molecule has 0 spiro atoms. The van der Waals surface area contributed by atoms with E-state index < -0.39 is 16.1 Å². The molecule has 142 valence electrons. The number of anilines is 1. The first-order valence-electron chi connectivity index (χ1n) is 8.68. The number of fused-ring (bicyclic) bond motifs is 1. The molecule has 0 aliphatic heterocycles. The Morgan fingerprint density at radius 1 is 1.04 bits per heavy atom. The molecule has 3 aromatic rings. The maximum Gasteiger partial charge on any atom is 0.411 e. The van der Waals surface area contributed by atoms with Gasteiger partial charge in [0.2, 0.25) is 0 Å². The SMILES string of the molecule is CC(C)C(C)OC(=O)Nc1ccc2c(ccn2S(=O)(=O)c2ccccc2)c1. The Balaban J connectivity index is 1.86. The standard InChI is InChI=1S/C20H22N2O4S/c1-14(2)15(3)26-20(23)21-17-9-10-19-16(13-17)11-12-22(19)27(24,25)18-7-5-4-6-8-18/h4-15H,1-3H3,(H,21,23). The molecular weight excluding hydrogens is 364 g/mol. The third-order valence-corrected chi connectivity index (χ3v) is 6.14. The number of benzene rings is 2. The fourth-order valence-electron chi connectivity index (χ4n) is 2.56. The van der Waals surface area contributed by atoms with E-state index in [0.717, 1.165) is 0 Å². The molecule has 1 N–H and O–H groups in total. The van der Waals surface area contributed by atoms with Gasteiger partial charge in [0, 0.05) is 17.3 Å². The van der Waals surface area contributed by atoms with E-state index in [1.165, 1.54) is 10.2 Å². The number of carbonyl (C=O) groups excluding carboxylic acids is 1. The molecule has 0 aliphatic carbocycles. The van der Waals surface area contributed by atoms with Crippen LogP contribution in [0.2, 0.25) is 0 Å². The molecule has 0 bridgehead atoms. The van der Waals surface area contributed by atoms with Crippen molar-refractivity contribution >= 4 is 32.7 Å². The first-order chi connectivity index (χ1) is 12.8. The number of ether oxygens (including phenoxy) is 1. The number of carbonyl (C=O) groups is 1. The largest absolute Gasteiger partial charge is 0.446 e. The Hall–Kier alpha value is -2.80. The first-order valence-corrected chi connectivity index (χ1v) is 10.1. The summed E-state index contributed by atoms with van der Waals surface area (Å²) in [5.41, 5.74) is 1.08. The maximum absolute atomic E-state index is 12.8. The molecule has 7 heteroatoms. The lowest BCUT2D eigenvalue weighted by molar-refractivity contribution is 0.0940. The Labute approximate surface area is 158 Å². The number of rotatable bonds is 5.